The van der Waals surface area contributed by atoms with Crippen LogP contribution in [0.3, 0.4) is 0 Å². The van der Waals surface area contributed by atoms with Crippen molar-refractivity contribution in [3.05, 3.63) is 40.3 Å². The smallest absolute Gasteiger partial charge is 0.349 e. The van der Waals surface area contributed by atoms with Gasteiger partial charge in [0.1, 0.15) is 10.9 Å². The van der Waals surface area contributed by atoms with E-state index in [4.69, 9.17) is 4.74 Å². The number of benzene rings is 1. The van der Waals surface area contributed by atoms with Crippen molar-refractivity contribution < 1.29 is 9.53 Å². The molecule has 136 valence electrons. The Bertz CT molecular complexity index is 812. The van der Waals surface area contributed by atoms with E-state index in [1.807, 2.05) is 31.2 Å². The number of rotatable bonds is 5. The molecule has 1 aliphatic rings. The van der Waals surface area contributed by atoms with E-state index in [-0.39, 0.29) is 5.97 Å². The molecule has 0 unspecified atom stereocenters. The number of hydrogen-bond acceptors (Lipinski definition) is 5. The number of thioether (sulfide) groups is 1. The summed E-state index contributed by atoms with van der Waals surface area (Å²) in [4.78, 5) is 13.1. The minimum atomic E-state index is -0.333. The van der Waals surface area contributed by atoms with Crippen molar-refractivity contribution in [2.45, 2.75) is 55.4 Å². The van der Waals surface area contributed by atoms with E-state index >= 15 is 0 Å². The summed E-state index contributed by atoms with van der Waals surface area (Å²) in [6.07, 6.45) is 6.17. The van der Waals surface area contributed by atoms with Gasteiger partial charge in [-0.1, -0.05) is 49.1 Å². The fourth-order valence-electron chi connectivity index (χ4n) is 3.27. The van der Waals surface area contributed by atoms with Crippen molar-refractivity contribution in [1.29, 1.82) is 5.26 Å². The molecule has 3 rings (SSSR count). The van der Waals surface area contributed by atoms with Gasteiger partial charge in [0.05, 0.1) is 16.4 Å². The summed E-state index contributed by atoms with van der Waals surface area (Å²) in [5, 5.41) is 10.4. The largest absolute Gasteiger partial charge is 0.462 e. The lowest BCUT2D eigenvalue weighted by Crippen LogP contribution is -2.07. The fraction of sp³-hybridized carbons (Fsp3) is 0.429. The van der Waals surface area contributed by atoms with Gasteiger partial charge in [-0.05, 0) is 32.3 Å². The highest BCUT2D eigenvalue weighted by Gasteiger charge is 2.27. The van der Waals surface area contributed by atoms with Gasteiger partial charge in [0.2, 0.25) is 0 Å². The number of thiophene rings is 1. The first-order chi connectivity index (χ1) is 12.6. The summed E-state index contributed by atoms with van der Waals surface area (Å²) in [5.74, 6) is -0.333. The average Bonchev–Trinajstić information content (AvgIpc) is 3.01. The molecular weight excluding hydrogens is 362 g/mol. The molecule has 1 fully saturated rings. The first-order valence-corrected chi connectivity index (χ1v) is 10.8. The minimum absolute atomic E-state index is 0.330. The quantitative estimate of drug-likeness (QED) is 0.575. The molecule has 2 aromatic rings. The lowest BCUT2D eigenvalue weighted by atomic mass is 10.0. The number of nitrogens with zero attached hydrogens (tertiary/aromatic N) is 1. The average molecular weight is 386 g/mol. The Morgan fingerprint density at radius 3 is 2.58 bits per heavy atom. The molecule has 1 heterocycles. The van der Waals surface area contributed by atoms with Gasteiger partial charge in [-0.15, -0.1) is 23.1 Å². The molecule has 5 heteroatoms. The number of hydrogen-bond donors (Lipinski definition) is 0. The molecule has 26 heavy (non-hydrogen) atoms. The van der Waals surface area contributed by atoms with Crippen LogP contribution in [0.1, 0.15) is 59.8 Å². The Morgan fingerprint density at radius 1 is 1.27 bits per heavy atom. The number of carbonyl (C=O) groups excluding carboxylic acids is 1. The number of carbonyl (C=O) groups is 1. The van der Waals surface area contributed by atoms with Crippen LogP contribution in [0.25, 0.3) is 11.1 Å². The van der Waals surface area contributed by atoms with Crippen LogP contribution in [0.5, 0.6) is 0 Å². The van der Waals surface area contributed by atoms with E-state index in [1.165, 1.54) is 43.4 Å². The van der Waals surface area contributed by atoms with E-state index in [0.29, 0.717) is 22.3 Å². The van der Waals surface area contributed by atoms with Crippen molar-refractivity contribution in [2.75, 3.05) is 6.61 Å². The minimum Gasteiger partial charge on any atom is -0.462 e. The highest BCUT2D eigenvalue weighted by Crippen LogP contribution is 2.45. The van der Waals surface area contributed by atoms with E-state index in [2.05, 4.69) is 6.07 Å². The lowest BCUT2D eigenvalue weighted by molar-refractivity contribution is 0.0533. The standard InChI is InChI=1S/C21H23NO2S2/c1-3-24-20(23)19-18(15-11-9-14(2)10-12-15)17(13-22)21(26-19)25-16-7-5-4-6-8-16/h9-12,16H,3-8H2,1-2H3. The molecule has 0 spiro atoms. The van der Waals surface area contributed by atoms with Crippen LogP contribution in [-0.4, -0.2) is 17.8 Å². The Morgan fingerprint density at radius 2 is 1.96 bits per heavy atom. The van der Waals surface area contributed by atoms with Gasteiger partial charge in [-0.2, -0.15) is 5.26 Å². The van der Waals surface area contributed by atoms with Crippen LogP contribution in [0.2, 0.25) is 0 Å². The number of aryl methyl sites for hydroxylation is 1. The maximum atomic E-state index is 12.5. The summed E-state index contributed by atoms with van der Waals surface area (Å²) < 4.78 is 6.23. The van der Waals surface area contributed by atoms with Gasteiger partial charge in [0.15, 0.2) is 0 Å². The Kier molecular flexibility index (Phi) is 6.39. The van der Waals surface area contributed by atoms with Crippen molar-refractivity contribution in [3.63, 3.8) is 0 Å². The van der Waals surface area contributed by atoms with Crippen molar-refractivity contribution in [3.8, 4) is 17.2 Å². The van der Waals surface area contributed by atoms with Crippen LogP contribution in [-0.2, 0) is 4.74 Å². The zero-order valence-corrected chi connectivity index (χ0v) is 16.8. The molecule has 0 saturated heterocycles. The predicted octanol–water partition coefficient (Wildman–Crippen LogP) is 6.20. The third-order valence-corrected chi connectivity index (χ3v) is 7.34. The zero-order chi connectivity index (χ0) is 18.5. The monoisotopic (exact) mass is 385 g/mol. The third-order valence-electron chi connectivity index (χ3n) is 4.61. The molecule has 0 amide bonds. The highest BCUT2D eigenvalue weighted by atomic mass is 32.2. The van der Waals surface area contributed by atoms with Gasteiger partial charge in [0, 0.05) is 10.8 Å². The fourth-order valence-corrected chi connectivity index (χ4v) is 6.15. The van der Waals surface area contributed by atoms with E-state index in [9.17, 15) is 10.1 Å². The van der Waals surface area contributed by atoms with Crippen LogP contribution >= 0.6 is 23.1 Å². The molecule has 0 bridgehead atoms. The van der Waals surface area contributed by atoms with E-state index in [1.54, 1.807) is 18.7 Å². The van der Waals surface area contributed by atoms with Crippen LogP contribution in [0.15, 0.2) is 28.5 Å². The predicted molar refractivity (Wildman–Crippen MR) is 108 cm³/mol. The highest BCUT2D eigenvalue weighted by molar-refractivity contribution is 8.01. The second kappa shape index (κ2) is 8.75. The Hall–Kier alpha value is -1.77. The molecule has 0 aliphatic heterocycles. The molecule has 1 aromatic carbocycles. The molecule has 0 radical (unpaired) electrons. The zero-order valence-electron chi connectivity index (χ0n) is 15.2. The summed E-state index contributed by atoms with van der Waals surface area (Å²) in [5.41, 5.74) is 3.41. The topological polar surface area (TPSA) is 50.1 Å². The maximum Gasteiger partial charge on any atom is 0.349 e. The first kappa shape index (κ1) is 19.0. The first-order valence-electron chi connectivity index (χ1n) is 9.11. The van der Waals surface area contributed by atoms with Crippen molar-refractivity contribution in [2.24, 2.45) is 0 Å². The summed E-state index contributed by atoms with van der Waals surface area (Å²) >= 11 is 3.19. The van der Waals surface area contributed by atoms with Crippen LogP contribution < -0.4 is 0 Å². The summed E-state index contributed by atoms with van der Waals surface area (Å²) in [6, 6.07) is 10.4. The Balaban J connectivity index is 2.05. The SMILES string of the molecule is CCOC(=O)c1sc(SC2CCCCC2)c(C#N)c1-c1ccc(C)cc1. The van der Waals surface area contributed by atoms with E-state index in [0.717, 1.165) is 20.9 Å². The van der Waals surface area contributed by atoms with Gasteiger partial charge < -0.3 is 4.74 Å². The number of nitriles is 1. The Labute approximate surface area is 163 Å². The van der Waals surface area contributed by atoms with Gasteiger partial charge in [-0.3, -0.25) is 0 Å². The third kappa shape index (κ3) is 4.13. The maximum absolute atomic E-state index is 12.5. The van der Waals surface area contributed by atoms with Crippen molar-refractivity contribution >= 4 is 29.1 Å². The second-order valence-electron chi connectivity index (χ2n) is 6.54. The molecule has 0 atom stereocenters. The number of esters is 1. The number of ether oxygens (including phenoxy) is 1. The normalized spacial score (nSPS) is 14.8. The lowest BCUT2D eigenvalue weighted by Gasteiger charge is -2.20. The molecule has 1 saturated carbocycles. The van der Waals surface area contributed by atoms with Crippen LogP contribution in [0, 0.1) is 18.3 Å². The van der Waals surface area contributed by atoms with E-state index < -0.39 is 0 Å². The van der Waals surface area contributed by atoms with Crippen molar-refractivity contribution in [1.82, 2.24) is 0 Å². The van der Waals surface area contributed by atoms with Gasteiger partial charge >= 0.3 is 5.97 Å². The summed E-state index contributed by atoms with van der Waals surface area (Å²) in [7, 11) is 0. The molecular formula is C21H23NO2S2. The second-order valence-corrected chi connectivity index (χ2v) is 9.13. The molecule has 1 aliphatic carbocycles. The molecule has 1 aromatic heterocycles. The molecule has 0 N–H and O–H groups in total. The van der Waals surface area contributed by atoms with Crippen LogP contribution in [0.4, 0.5) is 0 Å². The van der Waals surface area contributed by atoms with Gasteiger partial charge in [-0.25, -0.2) is 4.79 Å². The molecule has 3 nitrogen and oxygen atoms in total. The summed E-state index contributed by atoms with van der Waals surface area (Å²) in [6.45, 7) is 4.16. The van der Waals surface area contributed by atoms with Gasteiger partial charge in [0.25, 0.3) is 0 Å².